The zero-order valence-corrected chi connectivity index (χ0v) is 11.1. The molecule has 0 bridgehead atoms. The van der Waals surface area contributed by atoms with E-state index in [1.807, 2.05) is 0 Å². The third-order valence-corrected chi connectivity index (χ3v) is 5.02. The van der Waals surface area contributed by atoms with Gasteiger partial charge in [0.1, 0.15) is 9.84 Å². The lowest BCUT2D eigenvalue weighted by molar-refractivity contribution is 0.0854. The van der Waals surface area contributed by atoms with Crippen molar-refractivity contribution in [3.05, 3.63) is 0 Å². The molecule has 2 atom stereocenters. The maximum absolute atomic E-state index is 11.3. The van der Waals surface area contributed by atoms with E-state index in [0.717, 1.165) is 19.4 Å². The number of sulfone groups is 1. The van der Waals surface area contributed by atoms with Gasteiger partial charge in [0, 0.05) is 18.9 Å². The highest BCUT2D eigenvalue weighted by Gasteiger charge is 2.26. The van der Waals surface area contributed by atoms with Crippen molar-refractivity contribution in [3.63, 3.8) is 0 Å². The first-order valence-electron chi connectivity index (χ1n) is 6.05. The Hall–Kier alpha value is -0.130. The zero-order chi connectivity index (χ0) is 12.0. The SMILES string of the molecule is CCS(=O)(=O)CCCNC1CCCC1OC. The summed E-state index contributed by atoms with van der Waals surface area (Å²) in [6.07, 6.45) is 4.45. The minimum absolute atomic E-state index is 0.247. The van der Waals surface area contributed by atoms with Crippen LogP contribution in [0.15, 0.2) is 0 Å². The van der Waals surface area contributed by atoms with Crippen LogP contribution in [0.3, 0.4) is 0 Å². The van der Waals surface area contributed by atoms with Gasteiger partial charge in [-0.05, 0) is 32.2 Å². The monoisotopic (exact) mass is 249 g/mol. The van der Waals surface area contributed by atoms with Crippen LogP contribution < -0.4 is 5.32 Å². The Morgan fingerprint density at radius 2 is 2.12 bits per heavy atom. The van der Waals surface area contributed by atoms with Gasteiger partial charge in [-0.2, -0.15) is 0 Å². The molecule has 4 nitrogen and oxygen atoms in total. The zero-order valence-electron chi connectivity index (χ0n) is 10.2. The van der Waals surface area contributed by atoms with Crippen LogP contribution in [0, 0.1) is 0 Å². The summed E-state index contributed by atoms with van der Waals surface area (Å²) in [5.41, 5.74) is 0. The molecule has 16 heavy (non-hydrogen) atoms. The fourth-order valence-electron chi connectivity index (χ4n) is 2.17. The van der Waals surface area contributed by atoms with Crippen molar-refractivity contribution >= 4 is 9.84 Å². The Labute approximate surface area is 98.7 Å². The number of nitrogens with one attached hydrogen (secondary N) is 1. The molecule has 0 spiro atoms. The average Bonchev–Trinajstić information content (AvgIpc) is 2.72. The molecule has 0 saturated heterocycles. The van der Waals surface area contributed by atoms with Crippen molar-refractivity contribution in [2.75, 3.05) is 25.2 Å². The van der Waals surface area contributed by atoms with Crippen LogP contribution in [-0.2, 0) is 14.6 Å². The van der Waals surface area contributed by atoms with E-state index in [-0.39, 0.29) is 5.75 Å². The quantitative estimate of drug-likeness (QED) is 0.683. The fourth-order valence-corrected chi connectivity index (χ4v) is 3.04. The highest BCUT2D eigenvalue weighted by atomic mass is 32.2. The van der Waals surface area contributed by atoms with Crippen LogP contribution in [0.1, 0.15) is 32.6 Å². The standard InChI is InChI=1S/C11H23NO3S/c1-3-16(13,14)9-5-8-12-10-6-4-7-11(10)15-2/h10-12H,3-9H2,1-2H3. The first-order chi connectivity index (χ1) is 7.59. The van der Waals surface area contributed by atoms with Crippen LogP contribution >= 0.6 is 0 Å². The summed E-state index contributed by atoms with van der Waals surface area (Å²) in [5, 5.41) is 3.39. The second-order valence-corrected chi connectivity index (χ2v) is 6.83. The summed E-state index contributed by atoms with van der Waals surface area (Å²) < 4.78 is 27.9. The number of methoxy groups -OCH3 is 1. The van der Waals surface area contributed by atoms with Crippen LogP contribution in [0.5, 0.6) is 0 Å². The number of rotatable bonds is 7. The largest absolute Gasteiger partial charge is 0.380 e. The topological polar surface area (TPSA) is 55.4 Å². The van der Waals surface area contributed by atoms with Gasteiger partial charge in [0.05, 0.1) is 11.9 Å². The van der Waals surface area contributed by atoms with E-state index in [1.165, 1.54) is 6.42 Å². The molecule has 1 fully saturated rings. The van der Waals surface area contributed by atoms with Crippen molar-refractivity contribution < 1.29 is 13.2 Å². The number of hydrogen-bond acceptors (Lipinski definition) is 4. The van der Waals surface area contributed by atoms with Gasteiger partial charge in [-0.3, -0.25) is 0 Å². The van der Waals surface area contributed by atoms with Crippen molar-refractivity contribution in [3.8, 4) is 0 Å². The van der Waals surface area contributed by atoms with E-state index in [1.54, 1.807) is 14.0 Å². The number of hydrogen-bond donors (Lipinski definition) is 1. The summed E-state index contributed by atoms with van der Waals surface area (Å²) in [5.74, 6) is 0.540. The Balaban J connectivity index is 2.16. The predicted molar refractivity (Wildman–Crippen MR) is 65.4 cm³/mol. The van der Waals surface area contributed by atoms with Crippen molar-refractivity contribution in [1.29, 1.82) is 0 Å². The molecule has 0 aromatic rings. The van der Waals surface area contributed by atoms with Gasteiger partial charge in [-0.15, -0.1) is 0 Å². The molecule has 0 amide bonds. The molecule has 2 unspecified atom stereocenters. The lowest BCUT2D eigenvalue weighted by Crippen LogP contribution is -2.37. The highest BCUT2D eigenvalue weighted by molar-refractivity contribution is 7.91. The van der Waals surface area contributed by atoms with Gasteiger partial charge in [0.15, 0.2) is 0 Å². The summed E-state index contributed by atoms with van der Waals surface area (Å²) in [6, 6.07) is 0.411. The van der Waals surface area contributed by atoms with E-state index in [4.69, 9.17) is 4.74 Å². The van der Waals surface area contributed by atoms with Crippen LogP contribution in [0.4, 0.5) is 0 Å². The van der Waals surface area contributed by atoms with Crippen molar-refractivity contribution in [2.24, 2.45) is 0 Å². The Morgan fingerprint density at radius 3 is 2.75 bits per heavy atom. The molecular formula is C11H23NO3S. The average molecular weight is 249 g/mol. The van der Waals surface area contributed by atoms with Crippen molar-refractivity contribution in [2.45, 2.75) is 44.8 Å². The molecule has 1 rings (SSSR count). The third-order valence-electron chi connectivity index (χ3n) is 3.23. The van der Waals surface area contributed by atoms with Crippen LogP contribution in [-0.4, -0.2) is 45.7 Å². The maximum Gasteiger partial charge on any atom is 0.150 e. The minimum Gasteiger partial charge on any atom is -0.380 e. The summed E-state index contributed by atoms with van der Waals surface area (Å²) >= 11 is 0. The Bertz CT molecular complexity index is 290. The molecular weight excluding hydrogens is 226 g/mol. The lowest BCUT2D eigenvalue weighted by atomic mass is 10.2. The van der Waals surface area contributed by atoms with Gasteiger partial charge >= 0.3 is 0 Å². The van der Waals surface area contributed by atoms with Gasteiger partial charge in [0.25, 0.3) is 0 Å². The first kappa shape index (κ1) is 13.9. The van der Waals surface area contributed by atoms with Crippen LogP contribution in [0.2, 0.25) is 0 Å². The summed E-state index contributed by atoms with van der Waals surface area (Å²) in [6.45, 7) is 2.46. The summed E-state index contributed by atoms with van der Waals surface area (Å²) in [7, 11) is -1.06. The van der Waals surface area contributed by atoms with Gasteiger partial charge in [-0.1, -0.05) is 6.92 Å². The lowest BCUT2D eigenvalue weighted by Gasteiger charge is -2.19. The molecule has 0 aliphatic heterocycles. The molecule has 0 radical (unpaired) electrons. The van der Waals surface area contributed by atoms with E-state index < -0.39 is 9.84 Å². The molecule has 0 aromatic carbocycles. The van der Waals surface area contributed by atoms with Gasteiger partial charge in [-0.25, -0.2) is 8.42 Å². The molecule has 5 heteroatoms. The Morgan fingerprint density at radius 1 is 1.38 bits per heavy atom. The Kier molecular flexibility index (Phi) is 5.72. The van der Waals surface area contributed by atoms with E-state index >= 15 is 0 Å². The molecule has 0 aromatic heterocycles. The molecule has 96 valence electrons. The molecule has 1 aliphatic carbocycles. The summed E-state index contributed by atoms with van der Waals surface area (Å²) in [4.78, 5) is 0. The van der Waals surface area contributed by atoms with Gasteiger partial charge in [0.2, 0.25) is 0 Å². The highest BCUT2D eigenvalue weighted by Crippen LogP contribution is 2.21. The van der Waals surface area contributed by atoms with Crippen molar-refractivity contribution in [1.82, 2.24) is 5.32 Å². The van der Waals surface area contributed by atoms with Gasteiger partial charge < -0.3 is 10.1 Å². The second kappa shape index (κ2) is 6.57. The predicted octanol–water partition coefficient (Wildman–Crippen LogP) is 0.968. The third kappa shape index (κ3) is 4.39. The maximum atomic E-state index is 11.3. The molecule has 1 saturated carbocycles. The minimum atomic E-state index is -2.81. The number of ether oxygens (including phenoxy) is 1. The van der Waals surface area contributed by atoms with E-state index in [9.17, 15) is 8.42 Å². The molecule has 1 N–H and O–H groups in total. The molecule has 0 heterocycles. The normalized spacial score (nSPS) is 26.1. The molecule has 1 aliphatic rings. The first-order valence-corrected chi connectivity index (χ1v) is 7.88. The fraction of sp³-hybridized carbons (Fsp3) is 1.00. The van der Waals surface area contributed by atoms with Crippen LogP contribution in [0.25, 0.3) is 0 Å². The van der Waals surface area contributed by atoms with E-state index in [0.29, 0.717) is 24.3 Å². The smallest absolute Gasteiger partial charge is 0.150 e. The second-order valence-electron chi connectivity index (χ2n) is 4.36. The van der Waals surface area contributed by atoms with E-state index in [2.05, 4.69) is 5.32 Å².